The van der Waals surface area contributed by atoms with Gasteiger partial charge in [0.2, 0.25) is 0 Å². The van der Waals surface area contributed by atoms with Gasteiger partial charge in [0, 0.05) is 12.5 Å². The number of aliphatic hydroxyl groups is 1. The zero-order valence-corrected chi connectivity index (χ0v) is 13.4. The van der Waals surface area contributed by atoms with E-state index in [9.17, 15) is 9.90 Å². The highest BCUT2D eigenvalue weighted by Crippen LogP contribution is 2.30. The predicted octanol–water partition coefficient (Wildman–Crippen LogP) is -0.551. The maximum atomic E-state index is 12.8. The van der Waals surface area contributed by atoms with Gasteiger partial charge in [-0.25, -0.2) is 0 Å². The fourth-order valence-corrected chi connectivity index (χ4v) is 3.23. The monoisotopic (exact) mass is 321 g/mol. The molecular weight excluding hydrogens is 298 g/mol. The van der Waals surface area contributed by atoms with E-state index in [1.54, 1.807) is 4.90 Å². The molecule has 126 valence electrons. The molecular formula is C16H23N3O4. The maximum Gasteiger partial charge on any atom is 0.272 e. The molecule has 3 rings (SSSR count). The Morgan fingerprint density at radius 2 is 2.22 bits per heavy atom. The lowest BCUT2D eigenvalue weighted by atomic mass is 9.91. The molecule has 2 fully saturated rings. The Morgan fingerprint density at radius 1 is 1.52 bits per heavy atom. The quantitative estimate of drug-likeness (QED) is 0.703. The van der Waals surface area contributed by atoms with Gasteiger partial charge in [-0.1, -0.05) is 11.1 Å². The van der Waals surface area contributed by atoms with Crippen LogP contribution in [0.2, 0.25) is 0 Å². The van der Waals surface area contributed by atoms with Crippen molar-refractivity contribution in [3.05, 3.63) is 0 Å². The first-order valence-electron chi connectivity index (χ1n) is 7.99. The molecule has 1 unspecified atom stereocenters. The van der Waals surface area contributed by atoms with Crippen LogP contribution in [-0.4, -0.2) is 84.2 Å². The number of amides is 1. The second kappa shape index (κ2) is 6.48. The summed E-state index contributed by atoms with van der Waals surface area (Å²) in [4.78, 5) is 22.0. The van der Waals surface area contributed by atoms with Crippen molar-refractivity contribution < 1.29 is 19.5 Å². The third kappa shape index (κ3) is 3.20. The molecule has 2 saturated heterocycles. The number of oxime groups is 1. The number of piperidine rings is 1. The second-order valence-electron chi connectivity index (χ2n) is 6.60. The van der Waals surface area contributed by atoms with Crippen molar-refractivity contribution in [2.45, 2.75) is 37.0 Å². The molecule has 0 aromatic heterocycles. The third-order valence-corrected chi connectivity index (χ3v) is 4.87. The van der Waals surface area contributed by atoms with Gasteiger partial charge in [-0.2, -0.15) is 0 Å². The predicted molar refractivity (Wildman–Crippen MR) is 83.8 cm³/mol. The van der Waals surface area contributed by atoms with Crippen LogP contribution in [0, 0.1) is 12.3 Å². The van der Waals surface area contributed by atoms with Crippen LogP contribution in [0.4, 0.5) is 0 Å². The zero-order valence-electron chi connectivity index (χ0n) is 13.4. The Hall–Kier alpha value is -1.62. The molecule has 1 N–H and O–H groups in total. The summed E-state index contributed by atoms with van der Waals surface area (Å²) in [7, 11) is 2.07. The van der Waals surface area contributed by atoms with E-state index in [1.165, 1.54) is 0 Å². The fourth-order valence-electron chi connectivity index (χ4n) is 3.23. The van der Waals surface area contributed by atoms with Gasteiger partial charge in [0.15, 0.2) is 11.7 Å². The molecule has 0 spiro atoms. The summed E-state index contributed by atoms with van der Waals surface area (Å²) in [5.74, 6) is 2.39. The Labute approximate surface area is 136 Å². The zero-order chi connectivity index (χ0) is 16.4. The van der Waals surface area contributed by atoms with Crippen LogP contribution in [0.5, 0.6) is 0 Å². The lowest BCUT2D eigenvalue weighted by Gasteiger charge is -2.39. The first-order valence-corrected chi connectivity index (χ1v) is 7.99. The van der Waals surface area contributed by atoms with Crippen LogP contribution in [0.15, 0.2) is 5.16 Å². The van der Waals surface area contributed by atoms with Gasteiger partial charge in [0.1, 0.15) is 5.71 Å². The average Bonchev–Trinajstić information content (AvgIpc) is 3.01. The topological polar surface area (TPSA) is 74.6 Å². The molecule has 1 amide bonds. The SMILES string of the molecule is C#CCN(C(=O)C1=NOC(C2(O)COC2)C1)C1CCN(C)CC1. The van der Waals surface area contributed by atoms with Gasteiger partial charge in [-0.15, -0.1) is 6.42 Å². The number of hydrogen-bond acceptors (Lipinski definition) is 6. The highest BCUT2D eigenvalue weighted by Gasteiger charge is 2.49. The summed E-state index contributed by atoms with van der Waals surface area (Å²) in [6, 6.07) is 0.131. The summed E-state index contributed by atoms with van der Waals surface area (Å²) in [6.45, 7) is 2.60. The van der Waals surface area contributed by atoms with Crippen molar-refractivity contribution in [2.75, 3.05) is 39.9 Å². The minimum absolute atomic E-state index is 0.131. The molecule has 7 nitrogen and oxygen atoms in total. The molecule has 0 saturated carbocycles. The van der Waals surface area contributed by atoms with Gasteiger partial charge in [-0.05, 0) is 33.0 Å². The molecule has 1 atom stereocenters. The van der Waals surface area contributed by atoms with Gasteiger partial charge in [0.05, 0.1) is 19.8 Å². The minimum atomic E-state index is -1.03. The molecule has 3 aliphatic rings. The van der Waals surface area contributed by atoms with E-state index >= 15 is 0 Å². The van der Waals surface area contributed by atoms with E-state index in [0.29, 0.717) is 12.1 Å². The molecule has 0 aromatic carbocycles. The molecule has 7 heteroatoms. The van der Waals surface area contributed by atoms with Crippen molar-refractivity contribution in [3.8, 4) is 12.3 Å². The number of carbonyl (C=O) groups excluding carboxylic acids is 1. The van der Waals surface area contributed by atoms with Crippen molar-refractivity contribution >= 4 is 11.6 Å². The summed E-state index contributed by atoms with van der Waals surface area (Å²) < 4.78 is 5.03. The van der Waals surface area contributed by atoms with E-state index in [2.05, 4.69) is 23.0 Å². The summed E-state index contributed by atoms with van der Waals surface area (Å²) in [5, 5.41) is 14.2. The highest BCUT2D eigenvalue weighted by molar-refractivity contribution is 6.39. The fraction of sp³-hybridized carbons (Fsp3) is 0.750. The van der Waals surface area contributed by atoms with Crippen LogP contribution in [0.25, 0.3) is 0 Å². The summed E-state index contributed by atoms with van der Waals surface area (Å²) in [6.07, 6.45) is 7.03. The Kier molecular flexibility index (Phi) is 4.57. The third-order valence-electron chi connectivity index (χ3n) is 4.87. The van der Waals surface area contributed by atoms with Crippen molar-refractivity contribution in [3.63, 3.8) is 0 Å². The molecule has 3 aliphatic heterocycles. The largest absolute Gasteiger partial charge is 0.388 e. The van der Waals surface area contributed by atoms with Gasteiger partial charge in [0.25, 0.3) is 5.91 Å². The Morgan fingerprint density at radius 3 is 2.78 bits per heavy atom. The number of likely N-dealkylation sites (tertiary alicyclic amines) is 1. The Balaban J connectivity index is 1.64. The van der Waals surface area contributed by atoms with Crippen LogP contribution in [0.1, 0.15) is 19.3 Å². The minimum Gasteiger partial charge on any atom is -0.388 e. The second-order valence-corrected chi connectivity index (χ2v) is 6.60. The molecule has 0 radical (unpaired) electrons. The lowest BCUT2D eigenvalue weighted by molar-refractivity contribution is -0.231. The van der Waals surface area contributed by atoms with E-state index in [4.69, 9.17) is 16.0 Å². The number of terminal acetylenes is 1. The van der Waals surface area contributed by atoms with Crippen molar-refractivity contribution in [2.24, 2.45) is 5.16 Å². The van der Waals surface area contributed by atoms with E-state index in [1.807, 2.05) is 0 Å². The maximum absolute atomic E-state index is 12.8. The standard InChI is InChI=1S/C16H23N3O4/c1-3-6-19(12-4-7-18(2)8-5-12)15(20)13-9-14(23-17-13)16(21)10-22-11-16/h1,12,14,21H,4-11H2,2H3. The van der Waals surface area contributed by atoms with E-state index in [-0.39, 0.29) is 31.7 Å². The summed E-state index contributed by atoms with van der Waals surface area (Å²) in [5.41, 5.74) is -0.694. The normalized spacial score (nSPS) is 27.5. The number of hydrogen-bond donors (Lipinski definition) is 1. The lowest BCUT2D eigenvalue weighted by Crippen LogP contribution is -2.58. The van der Waals surface area contributed by atoms with Crippen molar-refractivity contribution in [1.82, 2.24) is 9.80 Å². The molecule has 0 bridgehead atoms. The van der Waals surface area contributed by atoms with Crippen LogP contribution >= 0.6 is 0 Å². The molecule has 23 heavy (non-hydrogen) atoms. The molecule has 3 heterocycles. The first-order chi connectivity index (χ1) is 11.0. The Bertz CT molecular complexity index is 530. The number of carbonyl (C=O) groups is 1. The highest BCUT2D eigenvalue weighted by atomic mass is 16.7. The van der Waals surface area contributed by atoms with Gasteiger partial charge < -0.3 is 24.5 Å². The van der Waals surface area contributed by atoms with Gasteiger partial charge in [-0.3, -0.25) is 4.79 Å². The molecule has 0 aromatic rings. The number of rotatable bonds is 4. The number of nitrogens with zero attached hydrogens (tertiary/aromatic N) is 3. The molecule has 0 aliphatic carbocycles. The van der Waals surface area contributed by atoms with Gasteiger partial charge >= 0.3 is 0 Å². The van der Waals surface area contributed by atoms with E-state index < -0.39 is 11.7 Å². The summed E-state index contributed by atoms with van der Waals surface area (Å²) >= 11 is 0. The van der Waals surface area contributed by atoms with Crippen LogP contribution in [0.3, 0.4) is 0 Å². The van der Waals surface area contributed by atoms with Crippen LogP contribution in [-0.2, 0) is 14.4 Å². The average molecular weight is 321 g/mol. The van der Waals surface area contributed by atoms with Crippen LogP contribution < -0.4 is 0 Å². The smallest absolute Gasteiger partial charge is 0.272 e. The first kappa shape index (κ1) is 16.2. The van der Waals surface area contributed by atoms with Crippen molar-refractivity contribution in [1.29, 1.82) is 0 Å². The van der Waals surface area contributed by atoms with E-state index in [0.717, 1.165) is 25.9 Å². The number of ether oxygens (including phenoxy) is 1.